The molecule has 0 aromatic rings. The maximum absolute atomic E-state index is 9.72. The first-order valence-electron chi connectivity index (χ1n) is 2.18. The molecule has 0 saturated carbocycles. The van der Waals surface area contributed by atoms with E-state index in [9.17, 15) is 8.42 Å². The Morgan fingerprint density at radius 1 is 1.56 bits per heavy atom. The fourth-order valence-corrected chi connectivity index (χ4v) is 0.566. The van der Waals surface area contributed by atoms with Crippen LogP contribution in [0.3, 0.4) is 0 Å². The third-order valence-electron chi connectivity index (χ3n) is 0.436. The molecule has 9 heavy (non-hydrogen) atoms. The zero-order valence-corrected chi connectivity index (χ0v) is 6.02. The van der Waals surface area contributed by atoms with Gasteiger partial charge in [0.2, 0.25) is 0 Å². The monoisotopic (exact) mass is 157 g/mol. The molecular weight excluding hydrogens is 146 g/mol. The van der Waals surface area contributed by atoms with Crippen LogP contribution in [0.4, 0.5) is 0 Å². The van der Waals surface area contributed by atoms with E-state index in [2.05, 4.69) is 4.18 Å². The normalized spacial score (nSPS) is 10.4. The standard InChI is InChI=1S/C3H8O4S.H3N/c1-2-3-7-8(4,5)6;/h2-3H2,1H3,(H,4,5,6);1H3. The first kappa shape index (κ1) is 11.6. The lowest BCUT2D eigenvalue weighted by atomic mass is 10.5. The van der Waals surface area contributed by atoms with Gasteiger partial charge in [-0.15, -0.1) is 0 Å². The summed E-state index contributed by atoms with van der Waals surface area (Å²) in [7, 11) is -4.19. The molecule has 0 amide bonds. The van der Waals surface area contributed by atoms with Crippen LogP contribution in [0.5, 0.6) is 0 Å². The number of hydrogen-bond acceptors (Lipinski definition) is 4. The molecule has 0 fully saturated rings. The van der Waals surface area contributed by atoms with Gasteiger partial charge in [-0.1, -0.05) is 6.92 Å². The van der Waals surface area contributed by atoms with Crippen molar-refractivity contribution in [3.05, 3.63) is 0 Å². The minimum Gasteiger partial charge on any atom is -0.344 e. The Bertz CT molecular complexity index is 140. The van der Waals surface area contributed by atoms with E-state index in [4.69, 9.17) is 4.55 Å². The summed E-state index contributed by atoms with van der Waals surface area (Å²) in [5, 5.41) is 0. The van der Waals surface area contributed by atoms with E-state index in [0.717, 1.165) is 0 Å². The summed E-state index contributed by atoms with van der Waals surface area (Å²) >= 11 is 0. The Morgan fingerprint density at radius 2 is 2.00 bits per heavy atom. The van der Waals surface area contributed by atoms with Crippen LogP contribution in [0.25, 0.3) is 0 Å². The molecule has 0 aliphatic carbocycles. The van der Waals surface area contributed by atoms with Crippen molar-refractivity contribution in [3.63, 3.8) is 0 Å². The molecular formula is C3H11NO4S. The van der Waals surface area contributed by atoms with Crippen LogP contribution < -0.4 is 6.15 Å². The molecule has 0 aliphatic heterocycles. The van der Waals surface area contributed by atoms with E-state index >= 15 is 0 Å². The van der Waals surface area contributed by atoms with Gasteiger partial charge in [-0.3, -0.25) is 4.55 Å². The zero-order chi connectivity index (χ0) is 6.62. The average molecular weight is 157 g/mol. The molecule has 0 spiro atoms. The van der Waals surface area contributed by atoms with Crippen molar-refractivity contribution in [2.45, 2.75) is 13.3 Å². The lowest BCUT2D eigenvalue weighted by molar-refractivity contribution is 0.269. The predicted octanol–water partition coefficient (Wildman–Crippen LogP) is 0.378. The zero-order valence-electron chi connectivity index (χ0n) is 5.20. The second-order valence-electron chi connectivity index (χ2n) is 1.25. The molecule has 58 valence electrons. The van der Waals surface area contributed by atoms with Crippen LogP contribution in [0.2, 0.25) is 0 Å². The highest BCUT2D eigenvalue weighted by Crippen LogP contribution is 1.86. The maximum Gasteiger partial charge on any atom is 0.397 e. The SMILES string of the molecule is CCCOS(=O)(=O)O.N. The van der Waals surface area contributed by atoms with Gasteiger partial charge >= 0.3 is 10.4 Å². The van der Waals surface area contributed by atoms with Crippen molar-refractivity contribution in [1.29, 1.82) is 0 Å². The van der Waals surface area contributed by atoms with Crippen LogP contribution in [-0.4, -0.2) is 19.6 Å². The van der Waals surface area contributed by atoms with Crippen LogP contribution >= 0.6 is 0 Å². The first-order valence-corrected chi connectivity index (χ1v) is 3.54. The van der Waals surface area contributed by atoms with Gasteiger partial charge in [0.25, 0.3) is 0 Å². The van der Waals surface area contributed by atoms with E-state index in [1.54, 1.807) is 6.92 Å². The maximum atomic E-state index is 9.72. The molecule has 5 nitrogen and oxygen atoms in total. The third-order valence-corrected chi connectivity index (χ3v) is 0.901. The summed E-state index contributed by atoms with van der Waals surface area (Å²) in [4.78, 5) is 0. The van der Waals surface area contributed by atoms with Crippen LogP contribution in [0.1, 0.15) is 13.3 Å². The van der Waals surface area contributed by atoms with E-state index in [1.807, 2.05) is 0 Å². The largest absolute Gasteiger partial charge is 0.397 e. The van der Waals surface area contributed by atoms with Crippen molar-refractivity contribution in [2.24, 2.45) is 0 Å². The molecule has 0 atom stereocenters. The van der Waals surface area contributed by atoms with Gasteiger partial charge < -0.3 is 6.15 Å². The Hall–Kier alpha value is -0.170. The van der Waals surface area contributed by atoms with E-state index in [0.29, 0.717) is 6.42 Å². The lowest BCUT2D eigenvalue weighted by Gasteiger charge is -1.92. The molecule has 0 radical (unpaired) electrons. The summed E-state index contributed by atoms with van der Waals surface area (Å²) in [6.45, 7) is 1.78. The van der Waals surface area contributed by atoms with Crippen molar-refractivity contribution in [1.82, 2.24) is 6.15 Å². The van der Waals surface area contributed by atoms with Crippen molar-refractivity contribution in [2.75, 3.05) is 6.61 Å². The smallest absolute Gasteiger partial charge is 0.344 e. The predicted molar refractivity (Wildman–Crippen MR) is 32.8 cm³/mol. The molecule has 0 aliphatic rings. The molecule has 0 rings (SSSR count). The molecule has 6 heteroatoms. The fourth-order valence-electron chi connectivity index (χ4n) is 0.189. The topological polar surface area (TPSA) is 98.6 Å². The quantitative estimate of drug-likeness (QED) is 0.577. The van der Waals surface area contributed by atoms with Gasteiger partial charge in [0.05, 0.1) is 6.61 Å². The Kier molecular flexibility index (Phi) is 6.04. The number of hydrogen-bond donors (Lipinski definition) is 2. The highest BCUT2D eigenvalue weighted by Gasteiger charge is 1.99. The highest BCUT2D eigenvalue weighted by atomic mass is 32.3. The van der Waals surface area contributed by atoms with Crippen molar-refractivity contribution in [3.8, 4) is 0 Å². The molecule has 4 N–H and O–H groups in total. The minimum absolute atomic E-state index is 0. The van der Waals surface area contributed by atoms with Crippen molar-refractivity contribution < 1.29 is 17.2 Å². The van der Waals surface area contributed by atoms with Crippen molar-refractivity contribution >= 4 is 10.4 Å². The second-order valence-corrected chi connectivity index (χ2v) is 2.34. The molecule has 0 bridgehead atoms. The fraction of sp³-hybridized carbons (Fsp3) is 1.00. The van der Waals surface area contributed by atoms with Gasteiger partial charge in [0.1, 0.15) is 0 Å². The third kappa shape index (κ3) is 11.4. The van der Waals surface area contributed by atoms with Gasteiger partial charge in [-0.25, -0.2) is 4.18 Å². The van der Waals surface area contributed by atoms with E-state index in [1.165, 1.54) is 0 Å². The minimum atomic E-state index is -4.19. The Balaban J connectivity index is 0. The number of rotatable bonds is 3. The Morgan fingerprint density at radius 3 is 2.11 bits per heavy atom. The summed E-state index contributed by atoms with van der Waals surface area (Å²) in [5.74, 6) is 0. The second kappa shape index (κ2) is 4.68. The van der Waals surface area contributed by atoms with Gasteiger partial charge in [-0.2, -0.15) is 8.42 Å². The lowest BCUT2D eigenvalue weighted by Crippen LogP contribution is -2.03. The Labute approximate surface area is 54.6 Å². The molecule has 0 unspecified atom stereocenters. The van der Waals surface area contributed by atoms with Crippen LogP contribution in [-0.2, 0) is 14.6 Å². The van der Waals surface area contributed by atoms with Gasteiger partial charge in [0.15, 0.2) is 0 Å². The summed E-state index contributed by atoms with van der Waals surface area (Å²) < 4.78 is 31.3. The van der Waals surface area contributed by atoms with Gasteiger partial charge in [0, 0.05) is 0 Å². The van der Waals surface area contributed by atoms with E-state index < -0.39 is 10.4 Å². The summed E-state index contributed by atoms with van der Waals surface area (Å²) in [5.41, 5.74) is 0. The highest BCUT2D eigenvalue weighted by molar-refractivity contribution is 7.80. The first-order chi connectivity index (χ1) is 3.56. The van der Waals surface area contributed by atoms with Crippen LogP contribution in [0, 0.1) is 0 Å². The molecule has 0 saturated heterocycles. The van der Waals surface area contributed by atoms with Crippen LogP contribution in [0.15, 0.2) is 0 Å². The molecule has 0 heterocycles. The summed E-state index contributed by atoms with van der Waals surface area (Å²) in [6.07, 6.45) is 0.569. The summed E-state index contributed by atoms with van der Waals surface area (Å²) in [6, 6.07) is 0. The average Bonchev–Trinajstić information content (AvgIpc) is 1.59. The molecule has 0 aromatic heterocycles. The molecule has 0 aromatic carbocycles. The van der Waals surface area contributed by atoms with Gasteiger partial charge in [-0.05, 0) is 6.42 Å². The van der Waals surface area contributed by atoms with E-state index in [-0.39, 0.29) is 12.8 Å².